The van der Waals surface area contributed by atoms with Gasteiger partial charge in [-0.1, -0.05) is 18.2 Å². The van der Waals surface area contributed by atoms with Crippen LogP contribution in [0.3, 0.4) is 0 Å². The molecule has 0 unspecified atom stereocenters. The SMILES string of the molecule is COc1cc(C=NNc2nnc3c(n2)[nH]c2ccccc23)cc([N+](=O)[O-])c1O. The van der Waals surface area contributed by atoms with Crippen LogP contribution in [0.25, 0.3) is 22.1 Å². The number of rotatable bonds is 5. The van der Waals surface area contributed by atoms with Gasteiger partial charge in [0.15, 0.2) is 11.4 Å². The van der Waals surface area contributed by atoms with Gasteiger partial charge in [-0.2, -0.15) is 10.1 Å². The Morgan fingerprint density at radius 3 is 2.93 bits per heavy atom. The van der Waals surface area contributed by atoms with Crippen molar-refractivity contribution in [3.05, 3.63) is 52.1 Å². The van der Waals surface area contributed by atoms with Crippen LogP contribution >= 0.6 is 0 Å². The maximum Gasteiger partial charge on any atom is 0.315 e. The molecule has 0 spiro atoms. The predicted molar refractivity (Wildman–Crippen MR) is 102 cm³/mol. The molecule has 0 saturated carbocycles. The van der Waals surface area contributed by atoms with Gasteiger partial charge in [0.2, 0.25) is 5.75 Å². The van der Waals surface area contributed by atoms with Crippen LogP contribution in [0.1, 0.15) is 5.56 Å². The summed E-state index contributed by atoms with van der Waals surface area (Å²) in [7, 11) is 1.30. The lowest BCUT2D eigenvalue weighted by Gasteiger charge is -2.05. The number of aromatic amines is 1. The number of nitrogens with zero attached hydrogens (tertiary/aromatic N) is 5. The maximum atomic E-state index is 11.0. The average molecular weight is 379 g/mol. The molecule has 0 saturated heterocycles. The number of aromatic hydroxyl groups is 1. The quantitative estimate of drug-likeness (QED) is 0.272. The first-order valence-corrected chi connectivity index (χ1v) is 8.02. The number of nitrogens with one attached hydrogen (secondary N) is 2. The predicted octanol–water partition coefficient (Wildman–Crippen LogP) is 2.57. The average Bonchev–Trinajstić information content (AvgIpc) is 3.06. The Morgan fingerprint density at radius 1 is 1.32 bits per heavy atom. The zero-order valence-electron chi connectivity index (χ0n) is 14.4. The topological polar surface area (TPSA) is 151 Å². The zero-order valence-corrected chi connectivity index (χ0v) is 14.4. The monoisotopic (exact) mass is 379 g/mol. The lowest BCUT2D eigenvalue weighted by atomic mass is 10.2. The molecule has 11 heteroatoms. The highest BCUT2D eigenvalue weighted by Gasteiger charge is 2.19. The standard InChI is InChI=1S/C17H13N7O4/c1-28-13-7-9(6-12(15(13)25)24(26)27)8-18-22-17-20-16-14(21-23-17)10-4-2-3-5-11(10)19-16/h2-8,25H,1H3,(H2,19,20,22,23). The molecule has 0 aliphatic rings. The summed E-state index contributed by atoms with van der Waals surface area (Å²) >= 11 is 0. The van der Waals surface area contributed by atoms with Crippen LogP contribution in [0.4, 0.5) is 11.6 Å². The van der Waals surface area contributed by atoms with E-state index >= 15 is 0 Å². The number of phenolic OH excluding ortho intramolecular Hbond substituents is 1. The first-order chi connectivity index (χ1) is 13.6. The van der Waals surface area contributed by atoms with E-state index in [1.807, 2.05) is 24.3 Å². The molecule has 11 nitrogen and oxygen atoms in total. The van der Waals surface area contributed by atoms with E-state index in [9.17, 15) is 15.2 Å². The third-order valence-corrected chi connectivity index (χ3v) is 3.99. The number of anilines is 1. The van der Waals surface area contributed by atoms with Crippen molar-refractivity contribution in [1.82, 2.24) is 20.2 Å². The molecule has 4 rings (SSSR count). The lowest BCUT2D eigenvalue weighted by molar-refractivity contribution is -0.386. The van der Waals surface area contributed by atoms with Gasteiger partial charge in [0.1, 0.15) is 5.52 Å². The summed E-state index contributed by atoms with van der Waals surface area (Å²) in [4.78, 5) is 17.8. The minimum Gasteiger partial charge on any atom is -0.500 e. The fraction of sp³-hybridized carbons (Fsp3) is 0.0588. The highest BCUT2D eigenvalue weighted by atomic mass is 16.6. The number of methoxy groups -OCH3 is 1. The van der Waals surface area contributed by atoms with Gasteiger partial charge in [0.05, 0.1) is 18.2 Å². The first kappa shape index (κ1) is 17.1. The van der Waals surface area contributed by atoms with Gasteiger partial charge in [0.25, 0.3) is 5.95 Å². The summed E-state index contributed by atoms with van der Waals surface area (Å²) in [6.45, 7) is 0. The molecule has 0 fully saturated rings. The fourth-order valence-electron chi connectivity index (χ4n) is 2.72. The molecule has 3 N–H and O–H groups in total. The minimum absolute atomic E-state index is 0.0342. The Morgan fingerprint density at radius 2 is 2.14 bits per heavy atom. The molecule has 0 aliphatic heterocycles. The van der Waals surface area contributed by atoms with Crippen molar-refractivity contribution in [2.45, 2.75) is 0 Å². The molecular weight excluding hydrogens is 366 g/mol. The van der Waals surface area contributed by atoms with E-state index in [1.54, 1.807) is 0 Å². The van der Waals surface area contributed by atoms with E-state index < -0.39 is 16.4 Å². The van der Waals surface area contributed by atoms with Gasteiger partial charge in [-0.15, -0.1) is 10.2 Å². The number of benzene rings is 2. The number of nitro benzene ring substituents is 1. The summed E-state index contributed by atoms with van der Waals surface area (Å²) in [6.07, 6.45) is 1.31. The largest absolute Gasteiger partial charge is 0.500 e. The van der Waals surface area contributed by atoms with Crippen molar-refractivity contribution in [1.29, 1.82) is 0 Å². The molecule has 28 heavy (non-hydrogen) atoms. The van der Waals surface area contributed by atoms with Crippen LogP contribution in [-0.4, -0.2) is 43.5 Å². The van der Waals surface area contributed by atoms with E-state index in [0.717, 1.165) is 10.9 Å². The van der Waals surface area contributed by atoms with Crippen molar-refractivity contribution in [2.24, 2.45) is 5.10 Å². The molecule has 0 amide bonds. The van der Waals surface area contributed by atoms with Crippen LogP contribution in [-0.2, 0) is 0 Å². The molecule has 0 aliphatic carbocycles. The zero-order chi connectivity index (χ0) is 19.7. The minimum atomic E-state index is -0.709. The summed E-state index contributed by atoms with van der Waals surface area (Å²) in [5, 5.41) is 33.8. The van der Waals surface area contributed by atoms with E-state index in [1.165, 1.54) is 25.5 Å². The van der Waals surface area contributed by atoms with Crippen LogP contribution in [0.15, 0.2) is 41.5 Å². The summed E-state index contributed by atoms with van der Waals surface area (Å²) < 4.78 is 4.94. The Bertz CT molecular complexity index is 1240. The number of hydrogen-bond acceptors (Lipinski definition) is 9. The van der Waals surface area contributed by atoms with Gasteiger partial charge in [0, 0.05) is 22.5 Å². The molecule has 2 aromatic heterocycles. The Labute approximate surface area is 156 Å². The van der Waals surface area contributed by atoms with Crippen LogP contribution < -0.4 is 10.2 Å². The van der Waals surface area contributed by atoms with Crippen LogP contribution in [0.5, 0.6) is 11.5 Å². The Balaban J connectivity index is 1.60. The summed E-state index contributed by atoms with van der Waals surface area (Å²) in [6, 6.07) is 10.2. The van der Waals surface area contributed by atoms with Gasteiger partial charge in [-0.3, -0.25) is 10.1 Å². The van der Waals surface area contributed by atoms with Crippen molar-refractivity contribution in [3.8, 4) is 11.5 Å². The highest BCUT2D eigenvalue weighted by Crippen LogP contribution is 2.36. The molecule has 0 radical (unpaired) electrons. The van der Waals surface area contributed by atoms with Gasteiger partial charge < -0.3 is 14.8 Å². The second kappa shape index (κ2) is 6.79. The molecule has 0 bridgehead atoms. The number of aromatic nitrogens is 4. The molecule has 4 aromatic rings. The maximum absolute atomic E-state index is 11.0. The van der Waals surface area contributed by atoms with E-state index in [4.69, 9.17) is 4.74 Å². The molecule has 2 aromatic carbocycles. The number of hydrogen-bond donors (Lipinski definition) is 3. The van der Waals surface area contributed by atoms with Crippen molar-refractivity contribution in [2.75, 3.05) is 12.5 Å². The normalized spacial score (nSPS) is 11.3. The van der Waals surface area contributed by atoms with E-state index in [0.29, 0.717) is 16.7 Å². The number of hydrazone groups is 1. The van der Waals surface area contributed by atoms with Crippen molar-refractivity contribution in [3.63, 3.8) is 0 Å². The molecule has 2 heterocycles. The molecular formula is C17H13N7O4. The molecule has 140 valence electrons. The first-order valence-electron chi connectivity index (χ1n) is 8.02. The number of para-hydroxylation sites is 1. The third-order valence-electron chi connectivity index (χ3n) is 3.99. The number of H-pyrrole nitrogens is 1. The molecule has 0 atom stereocenters. The number of fused-ring (bicyclic) bond motifs is 3. The van der Waals surface area contributed by atoms with E-state index in [2.05, 4.69) is 30.7 Å². The van der Waals surface area contributed by atoms with E-state index in [-0.39, 0.29) is 11.7 Å². The summed E-state index contributed by atoms with van der Waals surface area (Å²) in [5.74, 6) is -0.432. The van der Waals surface area contributed by atoms with Crippen LogP contribution in [0.2, 0.25) is 0 Å². The van der Waals surface area contributed by atoms with Crippen molar-refractivity contribution < 1.29 is 14.8 Å². The fourth-order valence-corrected chi connectivity index (χ4v) is 2.72. The number of phenols is 1. The van der Waals surface area contributed by atoms with Crippen LogP contribution in [0, 0.1) is 10.1 Å². The Kier molecular flexibility index (Phi) is 4.16. The second-order valence-electron chi connectivity index (χ2n) is 5.72. The lowest BCUT2D eigenvalue weighted by Crippen LogP contribution is -1.99. The smallest absolute Gasteiger partial charge is 0.315 e. The highest BCUT2D eigenvalue weighted by molar-refractivity contribution is 6.03. The second-order valence-corrected chi connectivity index (χ2v) is 5.72. The number of nitro groups is 1. The number of ether oxygens (including phenoxy) is 1. The third kappa shape index (κ3) is 3.00. The van der Waals surface area contributed by atoms with Crippen molar-refractivity contribution >= 4 is 39.9 Å². The van der Waals surface area contributed by atoms with Gasteiger partial charge >= 0.3 is 5.69 Å². The Hall–Kier alpha value is -4.28. The van der Waals surface area contributed by atoms with Gasteiger partial charge in [-0.25, -0.2) is 5.43 Å². The summed E-state index contributed by atoms with van der Waals surface area (Å²) in [5.41, 5.74) is 4.56. The van der Waals surface area contributed by atoms with Gasteiger partial charge in [-0.05, 0) is 12.1 Å².